The molecule has 3 rings (SSSR count). The molecule has 0 bridgehead atoms. The molecule has 0 unspecified atom stereocenters. The molecule has 8 heteroatoms. The Morgan fingerprint density at radius 1 is 1.18 bits per heavy atom. The summed E-state index contributed by atoms with van der Waals surface area (Å²) in [5, 5.41) is 6.28. The summed E-state index contributed by atoms with van der Waals surface area (Å²) in [6.45, 7) is 4.23. The maximum absolute atomic E-state index is 13.7. The minimum absolute atomic E-state index is 0.00414. The van der Waals surface area contributed by atoms with E-state index in [2.05, 4.69) is 15.5 Å². The van der Waals surface area contributed by atoms with E-state index in [1.165, 1.54) is 12.1 Å². The van der Waals surface area contributed by atoms with Gasteiger partial charge in [-0.2, -0.15) is 4.98 Å². The van der Waals surface area contributed by atoms with Crippen molar-refractivity contribution in [1.82, 2.24) is 10.1 Å². The molecular formula is C20H20FN3O4. The number of para-hydroxylation sites is 1. The number of halogens is 1. The third-order valence-electron chi connectivity index (χ3n) is 3.84. The fourth-order valence-corrected chi connectivity index (χ4v) is 2.46. The molecule has 0 fully saturated rings. The zero-order chi connectivity index (χ0) is 19.9. The van der Waals surface area contributed by atoms with E-state index in [0.29, 0.717) is 18.6 Å². The van der Waals surface area contributed by atoms with E-state index in [1.807, 2.05) is 6.92 Å². The Bertz CT molecular complexity index is 927. The van der Waals surface area contributed by atoms with Crippen molar-refractivity contribution >= 4 is 11.9 Å². The molecule has 0 radical (unpaired) electrons. The Morgan fingerprint density at radius 3 is 2.61 bits per heavy atom. The van der Waals surface area contributed by atoms with Gasteiger partial charge in [0.1, 0.15) is 5.75 Å². The number of benzene rings is 2. The molecular weight excluding hydrogens is 365 g/mol. The van der Waals surface area contributed by atoms with Gasteiger partial charge in [0.15, 0.2) is 17.7 Å². The molecule has 0 aliphatic carbocycles. The van der Waals surface area contributed by atoms with Crippen molar-refractivity contribution in [3.05, 3.63) is 54.3 Å². The third kappa shape index (κ3) is 4.64. The molecule has 0 aliphatic rings. The van der Waals surface area contributed by atoms with Gasteiger partial charge in [-0.15, -0.1) is 0 Å². The van der Waals surface area contributed by atoms with Gasteiger partial charge in [-0.1, -0.05) is 19.1 Å². The van der Waals surface area contributed by atoms with Crippen LogP contribution in [-0.2, 0) is 4.79 Å². The first kappa shape index (κ1) is 19.3. The molecule has 1 amide bonds. The first-order valence-corrected chi connectivity index (χ1v) is 8.89. The lowest BCUT2D eigenvalue weighted by molar-refractivity contribution is -0.123. The molecule has 28 heavy (non-hydrogen) atoms. The van der Waals surface area contributed by atoms with Crippen LogP contribution in [0.1, 0.15) is 20.3 Å². The summed E-state index contributed by atoms with van der Waals surface area (Å²) in [6, 6.07) is 13.0. The molecule has 3 aromatic rings. The van der Waals surface area contributed by atoms with Crippen LogP contribution in [0.15, 0.2) is 53.1 Å². The number of amides is 1. The van der Waals surface area contributed by atoms with Gasteiger partial charge in [0.25, 0.3) is 17.7 Å². The SMILES string of the molecule is CCOc1ccc(-c2nc(NC(=O)[C@H](CC)Oc3ccccc3F)no2)cc1. The monoisotopic (exact) mass is 385 g/mol. The highest BCUT2D eigenvalue weighted by Gasteiger charge is 2.22. The van der Waals surface area contributed by atoms with Crippen LogP contribution in [0.3, 0.4) is 0 Å². The van der Waals surface area contributed by atoms with E-state index >= 15 is 0 Å². The zero-order valence-corrected chi connectivity index (χ0v) is 15.5. The van der Waals surface area contributed by atoms with Crippen LogP contribution in [0.4, 0.5) is 10.3 Å². The lowest BCUT2D eigenvalue weighted by Crippen LogP contribution is -2.33. The summed E-state index contributed by atoms with van der Waals surface area (Å²) in [4.78, 5) is 16.6. The number of hydrogen-bond donors (Lipinski definition) is 1. The quantitative estimate of drug-likeness (QED) is 0.629. The highest BCUT2D eigenvalue weighted by Crippen LogP contribution is 2.22. The van der Waals surface area contributed by atoms with Crippen molar-refractivity contribution < 1.29 is 23.2 Å². The van der Waals surface area contributed by atoms with Crippen molar-refractivity contribution in [3.8, 4) is 23.0 Å². The van der Waals surface area contributed by atoms with Gasteiger partial charge in [0.05, 0.1) is 6.61 Å². The van der Waals surface area contributed by atoms with Gasteiger partial charge in [0, 0.05) is 5.56 Å². The maximum Gasteiger partial charge on any atom is 0.270 e. The van der Waals surface area contributed by atoms with Gasteiger partial charge in [-0.05, 0) is 54.9 Å². The Morgan fingerprint density at radius 2 is 1.93 bits per heavy atom. The van der Waals surface area contributed by atoms with Gasteiger partial charge < -0.3 is 14.0 Å². The van der Waals surface area contributed by atoms with Crippen molar-refractivity contribution in [2.75, 3.05) is 11.9 Å². The first-order chi connectivity index (χ1) is 13.6. The number of nitrogens with zero attached hydrogens (tertiary/aromatic N) is 2. The highest BCUT2D eigenvalue weighted by molar-refractivity contribution is 5.92. The Balaban J connectivity index is 1.66. The topological polar surface area (TPSA) is 86.5 Å². The number of carbonyl (C=O) groups excluding carboxylic acids is 1. The molecule has 0 aliphatic heterocycles. The molecule has 0 saturated heterocycles. The number of carbonyl (C=O) groups is 1. The number of ether oxygens (including phenoxy) is 2. The fraction of sp³-hybridized carbons (Fsp3) is 0.250. The predicted molar refractivity (Wildman–Crippen MR) is 101 cm³/mol. The second-order valence-corrected chi connectivity index (χ2v) is 5.81. The number of nitrogens with one attached hydrogen (secondary N) is 1. The van der Waals surface area contributed by atoms with Crippen LogP contribution in [0, 0.1) is 5.82 Å². The minimum atomic E-state index is -0.899. The van der Waals surface area contributed by atoms with E-state index in [9.17, 15) is 9.18 Å². The fourth-order valence-electron chi connectivity index (χ4n) is 2.46. The van der Waals surface area contributed by atoms with Crippen LogP contribution in [0.2, 0.25) is 0 Å². The number of hydrogen-bond acceptors (Lipinski definition) is 6. The number of anilines is 1. The van der Waals surface area contributed by atoms with Crippen molar-refractivity contribution in [3.63, 3.8) is 0 Å². The van der Waals surface area contributed by atoms with E-state index in [0.717, 1.165) is 5.75 Å². The average molecular weight is 385 g/mol. The number of rotatable bonds is 8. The summed E-state index contributed by atoms with van der Waals surface area (Å²) >= 11 is 0. The lowest BCUT2D eigenvalue weighted by atomic mass is 10.2. The Kier molecular flexibility index (Phi) is 6.21. The van der Waals surface area contributed by atoms with Crippen LogP contribution in [0.5, 0.6) is 11.5 Å². The molecule has 7 nitrogen and oxygen atoms in total. The highest BCUT2D eigenvalue weighted by atomic mass is 19.1. The largest absolute Gasteiger partial charge is 0.494 e. The van der Waals surface area contributed by atoms with Crippen molar-refractivity contribution in [2.24, 2.45) is 0 Å². The molecule has 1 atom stereocenters. The van der Waals surface area contributed by atoms with Crippen LogP contribution in [0.25, 0.3) is 11.5 Å². The summed E-state index contributed by atoms with van der Waals surface area (Å²) < 4.78 is 29.8. The minimum Gasteiger partial charge on any atom is -0.494 e. The van der Waals surface area contributed by atoms with Crippen LogP contribution < -0.4 is 14.8 Å². The molecule has 0 spiro atoms. The van der Waals surface area contributed by atoms with Crippen molar-refractivity contribution in [2.45, 2.75) is 26.4 Å². The molecule has 146 valence electrons. The van der Waals surface area contributed by atoms with E-state index in [4.69, 9.17) is 14.0 Å². The van der Waals surface area contributed by atoms with E-state index in [1.54, 1.807) is 43.3 Å². The Hall–Kier alpha value is -3.42. The smallest absolute Gasteiger partial charge is 0.270 e. The first-order valence-electron chi connectivity index (χ1n) is 8.89. The van der Waals surface area contributed by atoms with Gasteiger partial charge >= 0.3 is 0 Å². The van der Waals surface area contributed by atoms with Gasteiger partial charge in [-0.25, -0.2) is 4.39 Å². The van der Waals surface area contributed by atoms with E-state index in [-0.39, 0.29) is 17.6 Å². The Labute approximate surface area is 161 Å². The zero-order valence-electron chi connectivity index (χ0n) is 15.5. The standard InChI is InChI=1S/C20H20FN3O4/c1-3-16(27-17-8-6-5-7-15(17)21)18(25)22-20-23-19(28-24-20)13-9-11-14(12-10-13)26-4-2/h5-12,16H,3-4H2,1-2H3,(H,22,24,25)/t16-/m0/s1. The van der Waals surface area contributed by atoms with Crippen molar-refractivity contribution in [1.29, 1.82) is 0 Å². The van der Waals surface area contributed by atoms with Gasteiger partial charge in [-0.3, -0.25) is 10.1 Å². The summed E-state index contributed by atoms with van der Waals surface area (Å²) in [5.74, 6) is -0.0372. The predicted octanol–water partition coefficient (Wildman–Crippen LogP) is 4.07. The summed E-state index contributed by atoms with van der Waals surface area (Å²) in [7, 11) is 0. The maximum atomic E-state index is 13.7. The molecule has 1 aromatic heterocycles. The van der Waals surface area contributed by atoms with Crippen LogP contribution in [-0.4, -0.2) is 28.8 Å². The summed E-state index contributed by atoms with van der Waals surface area (Å²) in [6.07, 6.45) is -0.562. The molecule has 2 aromatic carbocycles. The second-order valence-electron chi connectivity index (χ2n) is 5.81. The van der Waals surface area contributed by atoms with E-state index < -0.39 is 17.8 Å². The van der Waals surface area contributed by atoms with Gasteiger partial charge in [0.2, 0.25) is 0 Å². The molecule has 1 heterocycles. The second kappa shape index (κ2) is 8.98. The average Bonchev–Trinajstić information content (AvgIpc) is 3.16. The third-order valence-corrected chi connectivity index (χ3v) is 3.84. The lowest BCUT2D eigenvalue weighted by Gasteiger charge is -2.16. The summed E-state index contributed by atoms with van der Waals surface area (Å²) in [5.41, 5.74) is 0.686. The number of aromatic nitrogens is 2. The molecule has 1 N–H and O–H groups in total. The molecule has 0 saturated carbocycles. The van der Waals surface area contributed by atoms with Crippen LogP contribution >= 0.6 is 0 Å². The normalized spacial score (nSPS) is 11.7.